The molecule has 0 bridgehead atoms. The molecule has 0 aliphatic carbocycles. The van der Waals surface area contributed by atoms with Crippen LogP contribution in [-0.4, -0.2) is 11.0 Å². The summed E-state index contributed by atoms with van der Waals surface area (Å²) in [6, 6.07) is 4.58. The molecule has 0 saturated carbocycles. The Labute approximate surface area is 139 Å². The molecule has 23 heavy (non-hydrogen) atoms. The Morgan fingerprint density at radius 2 is 1.91 bits per heavy atom. The molecule has 9 heteroatoms. The van der Waals surface area contributed by atoms with Crippen LogP contribution in [0.2, 0.25) is 10.0 Å². The number of esters is 1. The van der Waals surface area contributed by atoms with E-state index in [2.05, 4.69) is 4.98 Å². The van der Waals surface area contributed by atoms with Crippen LogP contribution in [-0.2, 0) is 11.0 Å². The fourth-order valence-corrected chi connectivity index (χ4v) is 2.33. The summed E-state index contributed by atoms with van der Waals surface area (Å²) in [7, 11) is 0. The van der Waals surface area contributed by atoms with Crippen molar-refractivity contribution in [3.05, 3.63) is 39.9 Å². The first kappa shape index (κ1) is 17.4. The second-order valence-electron chi connectivity index (χ2n) is 4.49. The fraction of sp³-hybridized carbons (Fsp3) is 0.143. The van der Waals surface area contributed by atoms with E-state index in [-0.39, 0.29) is 15.6 Å². The summed E-state index contributed by atoms with van der Waals surface area (Å²) in [4.78, 5) is 14.7. The van der Waals surface area contributed by atoms with Crippen LogP contribution >= 0.6 is 23.2 Å². The van der Waals surface area contributed by atoms with Crippen molar-refractivity contribution in [2.75, 3.05) is 5.73 Å². The molecule has 0 aliphatic rings. The van der Waals surface area contributed by atoms with Crippen molar-refractivity contribution in [2.45, 2.75) is 13.1 Å². The number of hydrogen-bond donors (Lipinski definition) is 1. The SMILES string of the molecule is CC(=O)Oc1nc(-c2ccc(Cl)cc2Cl)c(C(F)(F)F)cc1N. The number of carbonyl (C=O) groups is 1. The Kier molecular flexibility index (Phi) is 4.72. The molecule has 0 unspecified atom stereocenters. The smallest absolute Gasteiger partial charge is 0.405 e. The van der Waals surface area contributed by atoms with E-state index in [1.807, 2.05) is 0 Å². The Hall–Kier alpha value is -1.99. The first-order valence-electron chi connectivity index (χ1n) is 6.11. The molecular weight excluding hydrogens is 356 g/mol. The molecule has 2 rings (SSSR count). The largest absolute Gasteiger partial charge is 0.418 e. The number of benzene rings is 1. The van der Waals surface area contributed by atoms with E-state index in [4.69, 9.17) is 33.7 Å². The molecule has 0 fully saturated rings. The van der Waals surface area contributed by atoms with Gasteiger partial charge in [-0.3, -0.25) is 4.79 Å². The molecule has 2 aromatic rings. The van der Waals surface area contributed by atoms with Crippen molar-refractivity contribution < 1.29 is 22.7 Å². The second kappa shape index (κ2) is 6.25. The van der Waals surface area contributed by atoms with E-state index >= 15 is 0 Å². The Balaban J connectivity index is 2.74. The summed E-state index contributed by atoms with van der Waals surface area (Å²) in [6.45, 7) is 1.08. The lowest BCUT2D eigenvalue weighted by molar-refractivity contribution is -0.137. The molecule has 4 nitrogen and oxygen atoms in total. The van der Waals surface area contributed by atoms with Crippen LogP contribution in [0.4, 0.5) is 18.9 Å². The standard InChI is InChI=1S/C14H9Cl2F3N2O2/c1-6(22)23-13-11(20)5-9(14(17,18)19)12(21-13)8-3-2-7(15)4-10(8)16/h2-5H,20H2,1H3. The summed E-state index contributed by atoms with van der Waals surface area (Å²) in [5.74, 6) is -1.19. The summed E-state index contributed by atoms with van der Waals surface area (Å²) >= 11 is 11.7. The Morgan fingerprint density at radius 1 is 1.26 bits per heavy atom. The van der Waals surface area contributed by atoms with Gasteiger partial charge in [0.25, 0.3) is 0 Å². The summed E-state index contributed by atoms with van der Waals surface area (Å²) in [5, 5.41) is 0.219. The molecule has 0 amide bonds. The van der Waals surface area contributed by atoms with E-state index in [0.717, 1.165) is 6.92 Å². The van der Waals surface area contributed by atoms with E-state index in [1.54, 1.807) is 0 Å². The average Bonchev–Trinajstić information content (AvgIpc) is 2.39. The number of anilines is 1. The highest BCUT2D eigenvalue weighted by Gasteiger charge is 2.36. The number of nitrogens with zero attached hydrogens (tertiary/aromatic N) is 1. The van der Waals surface area contributed by atoms with Crippen molar-refractivity contribution >= 4 is 34.9 Å². The number of halogens is 5. The monoisotopic (exact) mass is 364 g/mol. The molecule has 1 aromatic carbocycles. The molecule has 0 atom stereocenters. The lowest BCUT2D eigenvalue weighted by Crippen LogP contribution is -2.13. The normalized spacial score (nSPS) is 11.4. The van der Waals surface area contributed by atoms with E-state index in [9.17, 15) is 18.0 Å². The highest BCUT2D eigenvalue weighted by molar-refractivity contribution is 6.36. The van der Waals surface area contributed by atoms with Crippen molar-refractivity contribution in [2.24, 2.45) is 0 Å². The minimum Gasteiger partial charge on any atom is -0.405 e. The number of rotatable bonds is 2. The van der Waals surface area contributed by atoms with Crippen molar-refractivity contribution in [1.29, 1.82) is 0 Å². The minimum atomic E-state index is -4.73. The number of ether oxygens (including phenoxy) is 1. The fourth-order valence-electron chi connectivity index (χ4n) is 1.83. The topological polar surface area (TPSA) is 65.2 Å². The lowest BCUT2D eigenvalue weighted by Gasteiger charge is -2.16. The first-order chi connectivity index (χ1) is 10.6. The zero-order valence-corrected chi connectivity index (χ0v) is 13.1. The van der Waals surface area contributed by atoms with Gasteiger partial charge in [0.05, 0.1) is 22.0 Å². The van der Waals surface area contributed by atoms with Crippen LogP contribution < -0.4 is 10.5 Å². The average molecular weight is 365 g/mol. The predicted octanol–water partition coefficient (Wildman–Crippen LogP) is 4.58. The maximum absolute atomic E-state index is 13.2. The number of aromatic nitrogens is 1. The maximum Gasteiger partial charge on any atom is 0.418 e. The summed E-state index contributed by atoms with van der Waals surface area (Å²) < 4.78 is 44.5. The number of nitrogens with two attached hydrogens (primary N) is 1. The molecule has 0 aliphatic heterocycles. The van der Waals surface area contributed by atoms with Crippen molar-refractivity contribution in [3.8, 4) is 17.1 Å². The molecule has 1 aromatic heterocycles. The minimum absolute atomic E-state index is 0.0169. The maximum atomic E-state index is 13.2. The Morgan fingerprint density at radius 3 is 2.43 bits per heavy atom. The van der Waals surface area contributed by atoms with Crippen LogP contribution in [0.5, 0.6) is 5.88 Å². The van der Waals surface area contributed by atoms with Gasteiger partial charge in [-0.1, -0.05) is 23.2 Å². The van der Waals surface area contributed by atoms with Gasteiger partial charge < -0.3 is 10.5 Å². The molecular formula is C14H9Cl2F3N2O2. The lowest BCUT2D eigenvalue weighted by atomic mass is 10.0. The zero-order chi connectivity index (χ0) is 17.4. The zero-order valence-electron chi connectivity index (χ0n) is 11.5. The predicted molar refractivity (Wildman–Crippen MR) is 80.4 cm³/mol. The van der Waals surface area contributed by atoms with Crippen LogP contribution in [0.3, 0.4) is 0 Å². The molecule has 0 spiro atoms. The van der Waals surface area contributed by atoms with Gasteiger partial charge in [-0.2, -0.15) is 13.2 Å². The molecule has 0 radical (unpaired) electrons. The third kappa shape index (κ3) is 3.86. The summed E-state index contributed by atoms with van der Waals surface area (Å²) in [6.07, 6.45) is -4.73. The number of alkyl halides is 3. The van der Waals surface area contributed by atoms with Crippen LogP contribution in [0, 0.1) is 0 Å². The van der Waals surface area contributed by atoms with E-state index in [1.165, 1.54) is 18.2 Å². The van der Waals surface area contributed by atoms with Gasteiger partial charge in [-0.05, 0) is 24.3 Å². The van der Waals surface area contributed by atoms with Crippen molar-refractivity contribution in [3.63, 3.8) is 0 Å². The number of pyridine rings is 1. The number of nitrogen functional groups attached to an aromatic ring is 1. The quantitative estimate of drug-likeness (QED) is 0.792. The highest BCUT2D eigenvalue weighted by Crippen LogP contribution is 2.41. The molecule has 2 N–H and O–H groups in total. The number of carbonyl (C=O) groups excluding carboxylic acids is 1. The van der Waals surface area contributed by atoms with Gasteiger partial charge in [-0.25, -0.2) is 4.98 Å². The highest BCUT2D eigenvalue weighted by atomic mass is 35.5. The van der Waals surface area contributed by atoms with Gasteiger partial charge in [0.1, 0.15) is 0 Å². The van der Waals surface area contributed by atoms with Gasteiger partial charge >= 0.3 is 12.1 Å². The van der Waals surface area contributed by atoms with Gasteiger partial charge in [0.15, 0.2) is 0 Å². The van der Waals surface area contributed by atoms with Gasteiger partial charge in [0, 0.05) is 17.5 Å². The van der Waals surface area contributed by atoms with Crippen molar-refractivity contribution in [1.82, 2.24) is 4.98 Å². The number of hydrogen-bond acceptors (Lipinski definition) is 4. The van der Waals surface area contributed by atoms with Gasteiger partial charge in [0.2, 0.25) is 5.88 Å². The molecule has 0 saturated heterocycles. The third-order valence-electron chi connectivity index (χ3n) is 2.75. The van der Waals surface area contributed by atoms with E-state index in [0.29, 0.717) is 6.07 Å². The molecule has 122 valence electrons. The van der Waals surface area contributed by atoms with Crippen LogP contribution in [0.25, 0.3) is 11.3 Å². The van der Waals surface area contributed by atoms with E-state index < -0.39 is 35.0 Å². The third-order valence-corrected chi connectivity index (χ3v) is 3.30. The Bertz CT molecular complexity index is 779. The molecule has 1 heterocycles. The first-order valence-corrected chi connectivity index (χ1v) is 6.86. The van der Waals surface area contributed by atoms with Crippen LogP contribution in [0.1, 0.15) is 12.5 Å². The van der Waals surface area contributed by atoms with Crippen LogP contribution in [0.15, 0.2) is 24.3 Å². The van der Waals surface area contributed by atoms with Gasteiger partial charge in [-0.15, -0.1) is 0 Å². The second-order valence-corrected chi connectivity index (χ2v) is 5.34. The summed E-state index contributed by atoms with van der Waals surface area (Å²) in [5.41, 5.74) is 3.44.